The van der Waals surface area contributed by atoms with Gasteiger partial charge in [0.25, 0.3) is 0 Å². The molecule has 0 N–H and O–H groups in total. The summed E-state index contributed by atoms with van der Waals surface area (Å²) >= 11 is 0. The Kier molecular flexibility index (Phi) is 3.69. The number of rotatable bonds is 3. The first-order chi connectivity index (χ1) is 10.8. The summed E-state index contributed by atoms with van der Waals surface area (Å²) in [5.41, 5.74) is 0.965. The lowest BCUT2D eigenvalue weighted by molar-refractivity contribution is -0.134. The van der Waals surface area contributed by atoms with Crippen molar-refractivity contribution in [1.82, 2.24) is 4.90 Å². The van der Waals surface area contributed by atoms with Gasteiger partial charge in [0.1, 0.15) is 0 Å². The molecule has 2 saturated heterocycles. The summed E-state index contributed by atoms with van der Waals surface area (Å²) in [6.07, 6.45) is 7.27. The molecule has 22 heavy (non-hydrogen) atoms. The monoisotopic (exact) mass is 298 g/mol. The molecule has 1 aliphatic carbocycles. The van der Waals surface area contributed by atoms with Crippen LogP contribution in [0.4, 0.5) is 5.69 Å². The van der Waals surface area contributed by atoms with Crippen LogP contribution in [0, 0.1) is 11.3 Å². The van der Waals surface area contributed by atoms with E-state index in [1.165, 1.54) is 32.4 Å². The molecule has 3 aliphatic rings. The second-order valence-electron chi connectivity index (χ2n) is 7.46. The zero-order valence-electron chi connectivity index (χ0n) is 13.3. The van der Waals surface area contributed by atoms with Gasteiger partial charge in [-0.15, -0.1) is 0 Å². The van der Waals surface area contributed by atoms with E-state index in [0.717, 1.165) is 44.0 Å². The van der Waals surface area contributed by atoms with Gasteiger partial charge in [0.05, 0.1) is 5.41 Å². The number of benzene rings is 1. The Balaban J connectivity index is 1.53. The van der Waals surface area contributed by atoms with Gasteiger partial charge in [-0.2, -0.15) is 0 Å². The fourth-order valence-corrected chi connectivity index (χ4v) is 4.35. The van der Waals surface area contributed by atoms with Crippen LogP contribution in [-0.2, 0) is 4.79 Å². The molecule has 2 heterocycles. The summed E-state index contributed by atoms with van der Waals surface area (Å²) in [6, 6.07) is 10.2. The highest BCUT2D eigenvalue weighted by Gasteiger charge is 2.47. The smallest absolute Gasteiger partial charge is 0.234 e. The van der Waals surface area contributed by atoms with Crippen molar-refractivity contribution in [3.05, 3.63) is 30.3 Å². The van der Waals surface area contributed by atoms with Crippen LogP contribution in [0.1, 0.15) is 38.5 Å². The van der Waals surface area contributed by atoms with Crippen LogP contribution in [0.5, 0.6) is 0 Å². The summed E-state index contributed by atoms with van der Waals surface area (Å²) in [6.45, 7) is 4.29. The molecule has 1 atom stereocenters. The Labute approximate surface area is 133 Å². The Bertz CT molecular complexity index is 536. The summed E-state index contributed by atoms with van der Waals surface area (Å²) in [7, 11) is 0. The minimum atomic E-state index is -0.110. The SMILES string of the molecule is O=C1N(c2ccccc2)CCCC12CCCN(CC1CC1)C2. The molecule has 0 radical (unpaired) electrons. The second-order valence-corrected chi connectivity index (χ2v) is 7.46. The van der Waals surface area contributed by atoms with E-state index in [4.69, 9.17) is 0 Å². The second kappa shape index (κ2) is 5.69. The van der Waals surface area contributed by atoms with Gasteiger partial charge < -0.3 is 9.80 Å². The summed E-state index contributed by atoms with van der Waals surface area (Å²) in [5, 5.41) is 0. The maximum Gasteiger partial charge on any atom is 0.234 e. The van der Waals surface area contributed by atoms with Crippen molar-refractivity contribution in [2.75, 3.05) is 31.1 Å². The van der Waals surface area contributed by atoms with Crippen LogP contribution in [0.15, 0.2) is 30.3 Å². The number of hydrogen-bond acceptors (Lipinski definition) is 2. The third-order valence-corrected chi connectivity index (χ3v) is 5.67. The molecule has 0 aromatic heterocycles. The summed E-state index contributed by atoms with van der Waals surface area (Å²) in [5.74, 6) is 1.30. The average Bonchev–Trinajstić information content (AvgIpc) is 3.35. The summed E-state index contributed by atoms with van der Waals surface area (Å²) in [4.78, 5) is 17.9. The van der Waals surface area contributed by atoms with Crippen LogP contribution < -0.4 is 4.90 Å². The fraction of sp³-hybridized carbons (Fsp3) is 0.632. The van der Waals surface area contributed by atoms with Gasteiger partial charge in [0.2, 0.25) is 5.91 Å². The molecule has 1 amide bonds. The van der Waals surface area contributed by atoms with E-state index in [9.17, 15) is 4.79 Å². The van der Waals surface area contributed by atoms with Crippen molar-refractivity contribution in [2.45, 2.75) is 38.5 Å². The molecular formula is C19H26N2O. The number of anilines is 1. The predicted octanol–water partition coefficient (Wildman–Crippen LogP) is 3.31. The number of para-hydroxylation sites is 1. The first-order valence-electron chi connectivity index (χ1n) is 8.86. The Morgan fingerprint density at radius 2 is 1.77 bits per heavy atom. The van der Waals surface area contributed by atoms with Gasteiger partial charge in [-0.1, -0.05) is 18.2 Å². The maximum absolute atomic E-state index is 13.2. The zero-order valence-corrected chi connectivity index (χ0v) is 13.3. The third kappa shape index (κ3) is 2.67. The molecular weight excluding hydrogens is 272 g/mol. The fourth-order valence-electron chi connectivity index (χ4n) is 4.35. The molecule has 1 saturated carbocycles. The molecule has 3 heteroatoms. The highest BCUT2D eigenvalue weighted by atomic mass is 16.2. The van der Waals surface area contributed by atoms with Crippen molar-refractivity contribution in [1.29, 1.82) is 0 Å². The van der Waals surface area contributed by atoms with Crippen LogP contribution in [0.25, 0.3) is 0 Å². The number of piperidine rings is 2. The summed E-state index contributed by atoms with van der Waals surface area (Å²) < 4.78 is 0. The number of carbonyl (C=O) groups excluding carboxylic acids is 1. The average molecular weight is 298 g/mol. The Morgan fingerprint density at radius 3 is 2.50 bits per heavy atom. The highest BCUT2D eigenvalue weighted by molar-refractivity contribution is 5.98. The largest absolute Gasteiger partial charge is 0.312 e. The van der Waals surface area contributed by atoms with Crippen LogP contribution >= 0.6 is 0 Å². The van der Waals surface area contributed by atoms with E-state index in [0.29, 0.717) is 5.91 Å². The molecule has 118 valence electrons. The van der Waals surface area contributed by atoms with Gasteiger partial charge in [0.15, 0.2) is 0 Å². The molecule has 1 aromatic carbocycles. The number of carbonyl (C=O) groups is 1. The molecule has 3 fully saturated rings. The van der Waals surface area contributed by atoms with Crippen molar-refractivity contribution < 1.29 is 4.79 Å². The van der Waals surface area contributed by atoms with Gasteiger partial charge in [-0.3, -0.25) is 4.79 Å². The van der Waals surface area contributed by atoms with Crippen molar-refractivity contribution in [3.63, 3.8) is 0 Å². The van der Waals surface area contributed by atoms with Crippen molar-refractivity contribution in [2.24, 2.45) is 11.3 Å². The normalized spacial score (nSPS) is 30.0. The van der Waals surface area contributed by atoms with Gasteiger partial charge in [0, 0.05) is 25.3 Å². The highest BCUT2D eigenvalue weighted by Crippen LogP contribution is 2.42. The molecule has 3 nitrogen and oxygen atoms in total. The van der Waals surface area contributed by atoms with Crippen molar-refractivity contribution in [3.8, 4) is 0 Å². The van der Waals surface area contributed by atoms with Gasteiger partial charge in [-0.05, 0) is 63.1 Å². The predicted molar refractivity (Wildman–Crippen MR) is 88.9 cm³/mol. The first-order valence-corrected chi connectivity index (χ1v) is 8.86. The lowest BCUT2D eigenvalue weighted by Crippen LogP contribution is -2.56. The van der Waals surface area contributed by atoms with E-state index < -0.39 is 0 Å². The van der Waals surface area contributed by atoms with E-state index in [2.05, 4.69) is 17.0 Å². The van der Waals surface area contributed by atoms with Crippen LogP contribution in [-0.4, -0.2) is 37.0 Å². The van der Waals surface area contributed by atoms with Crippen molar-refractivity contribution >= 4 is 11.6 Å². The minimum absolute atomic E-state index is 0.110. The number of likely N-dealkylation sites (tertiary alicyclic amines) is 1. The third-order valence-electron chi connectivity index (χ3n) is 5.67. The molecule has 0 bridgehead atoms. The number of hydrogen-bond donors (Lipinski definition) is 0. The maximum atomic E-state index is 13.2. The van der Waals surface area contributed by atoms with E-state index >= 15 is 0 Å². The topological polar surface area (TPSA) is 23.6 Å². The molecule has 1 spiro atoms. The lowest BCUT2D eigenvalue weighted by Gasteiger charge is -2.47. The van der Waals surface area contributed by atoms with Crippen LogP contribution in [0.3, 0.4) is 0 Å². The lowest BCUT2D eigenvalue weighted by atomic mass is 9.72. The Morgan fingerprint density at radius 1 is 1.05 bits per heavy atom. The quantitative estimate of drug-likeness (QED) is 0.855. The van der Waals surface area contributed by atoms with Crippen LogP contribution in [0.2, 0.25) is 0 Å². The molecule has 1 unspecified atom stereocenters. The van der Waals surface area contributed by atoms with E-state index in [1.54, 1.807) is 0 Å². The molecule has 2 aliphatic heterocycles. The molecule has 4 rings (SSSR count). The number of nitrogens with zero attached hydrogens (tertiary/aromatic N) is 2. The molecule has 1 aromatic rings. The minimum Gasteiger partial charge on any atom is -0.312 e. The zero-order chi connectivity index (χ0) is 15.0. The van der Waals surface area contributed by atoms with E-state index in [1.807, 2.05) is 23.1 Å². The van der Waals surface area contributed by atoms with Gasteiger partial charge >= 0.3 is 0 Å². The number of amides is 1. The van der Waals surface area contributed by atoms with Gasteiger partial charge in [-0.25, -0.2) is 0 Å². The standard InChI is InChI=1S/C19H26N2O/c22-18-19(10-4-12-20(15-19)14-16-8-9-16)11-5-13-21(18)17-6-2-1-3-7-17/h1-3,6-7,16H,4-5,8-15H2. The first kappa shape index (κ1) is 14.3. The Hall–Kier alpha value is -1.35. The van der Waals surface area contributed by atoms with E-state index in [-0.39, 0.29) is 5.41 Å².